The zero-order valence-corrected chi connectivity index (χ0v) is 17.8. The molecule has 7 nitrogen and oxygen atoms in total. The molecule has 0 aromatic heterocycles. The first-order chi connectivity index (χ1) is 14.4. The van der Waals surface area contributed by atoms with Crippen molar-refractivity contribution in [1.82, 2.24) is 4.90 Å². The smallest absolute Gasteiger partial charge is 0.161 e. The molecule has 8 heteroatoms. The van der Waals surface area contributed by atoms with Crippen LogP contribution in [0.3, 0.4) is 0 Å². The van der Waals surface area contributed by atoms with Gasteiger partial charge in [-0.25, -0.2) is 8.42 Å². The summed E-state index contributed by atoms with van der Waals surface area (Å²) in [6.07, 6.45) is 0.453. The predicted octanol–water partition coefficient (Wildman–Crippen LogP) is 1.94. The highest BCUT2D eigenvalue weighted by Crippen LogP contribution is 2.28. The normalized spacial score (nSPS) is 18.8. The number of carbonyl (C=O) groups excluding carboxylic acids is 1. The van der Waals surface area contributed by atoms with Gasteiger partial charge in [0, 0.05) is 24.7 Å². The molecule has 1 heterocycles. The fourth-order valence-electron chi connectivity index (χ4n) is 3.61. The summed E-state index contributed by atoms with van der Waals surface area (Å²) in [6, 6.07) is 14.5. The van der Waals surface area contributed by atoms with Gasteiger partial charge in [0.05, 0.1) is 18.6 Å². The van der Waals surface area contributed by atoms with E-state index in [-0.39, 0.29) is 30.7 Å². The molecule has 0 radical (unpaired) electrons. The molecule has 2 atom stereocenters. The monoisotopic (exact) mass is 433 g/mol. The van der Waals surface area contributed by atoms with Crippen molar-refractivity contribution in [3.63, 3.8) is 0 Å². The van der Waals surface area contributed by atoms with E-state index in [2.05, 4.69) is 0 Å². The molecular formula is C22H27NO6S. The van der Waals surface area contributed by atoms with Crippen LogP contribution in [0.2, 0.25) is 0 Å². The summed E-state index contributed by atoms with van der Waals surface area (Å²) in [4.78, 5) is 12.9. The maximum atomic E-state index is 12.0. The molecular weight excluding hydrogens is 406 g/mol. The Morgan fingerprint density at radius 3 is 2.60 bits per heavy atom. The second-order valence-electron chi connectivity index (χ2n) is 7.46. The van der Waals surface area contributed by atoms with E-state index in [9.17, 15) is 18.3 Å². The van der Waals surface area contributed by atoms with Crippen LogP contribution in [0.1, 0.15) is 22.3 Å². The van der Waals surface area contributed by atoms with Gasteiger partial charge in [-0.05, 0) is 30.2 Å². The van der Waals surface area contributed by atoms with Gasteiger partial charge in [-0.15, -0.1) is 0 Å². The van der Waals surface area contributed by atoms with Crippen LogP contribution in [0.4, 0.5) is 0 Å². The van der Waals surface area contributed by atoms with Crippen LogP contribution in [0.5, 0.6) is 11.5 Å². The molecule has 1 fully saturated rings. The van der Waals surface area contributed by atoms with E-state index in [1.807, 2.05) is 35.2 Å². The highest BCUT2D eigenvalue weighted by atomic mass is 32.2. The van der Waals surface area contributed by atoms with Crippen molar-refractivity contribution in [3.05, 3.63) is 59.7 Å². The Bertz CT molecular complexity index is 947. The molecule has 2 unspecified atom stereocenters. The first-order valence-electron chi connectivity index (χ1n) is 9.82. The van der Waals surface area contributed by atoms with Gasteiger partial charge in [0.15, 0.2) is 21.3 Å². The molecule has 1 N–H and O–H groups in total. The van der Waals surface area contributed by atoms with Gasteiger partial charge < -0.3 is 14.6 Å². The quantitative estimate of drug-likeness (QED) is 0.572. The second kappa shape index (κ2) is 10.1. The number of benzene rings is 2. The topological polar surface area (TPSA) is 93.1 Å². The van der Waals surface area contributed by atoms with Crippen molar-refractivity contribution >= 4 is 16.1 Å². The lowest BCUT2D eigenvalue weighted by molar-refractivity contribution is 0.0517. The number of hydrogen-bond donors (Lipinski definition) is 1. The lowest BCUT2D eigenvalue weighted by atomic mass is 10.1. The Hall–Kier alpha value is -2.42. The van der Waals surface area contributed by atoms with E-state index in [1.54, 1.807) is 18.2 Å². The predicted molar refractivity (Wildman–Crippen MR) is 114 cm³/mol. The number of carbonyl (C=O) groups is 1. The van der Waals surface area contributed by atoms with E-state index in [0.717, 1.165) is 11.8 Å². The molecule has 0 spiro atoms. The van der Waals surface area contributed by atoms with Crippen LogP contribution in [-0.2, 0) is 16.4 Å². The molecule has 3 rings (SSSR count). The number of rotatable bonds is 10. The van der Waals surface area contributed by atoms with Gasteiger partial charge in [0.25, 0.3) is 0 Å². The minimum Gasteiger partial charge on any atom is -0.493 e. The van der Waals surface area contributed by atoms with Gasteiger partial charge in [0.1, 0.15) is 19.0 Å². The molecule has 0 saturated carbocycles. The van der Waals surface area contributed by atoms with Gasteiger partial charge in [-0.2, -0.15) is 0 Å². The Kier molecular flexibility index (Phi) is 7.47. The minimum atomic E-state index is -3.04. The van der Waals surface area contributed by atoms with Gasteiger partial charge >= 0.3 is 0 Å². The average molecular weight is 434 g/mol. The molecule has 2 aromatic carbocycles. The van der Waals surface area contributed by atoms with Crippen molar-refractivity contribution in [2.45, 2.75) is 25.1 Å². The Labute approximate surface area is 177 Å². The number of sulfone groups is 1. The van der Waals surface area contributed by atoms with Crippen molar-refractivity contribution in [3.8, 4) is 11.5 Å². The summed E-state index contributed by atoms with van der Waals surface area (Å²) < 4.78 is 34.9. The van der Waals surface area contributed by atoms with E-state index in [4.69, 9.17) is 9.47 Å². The molecule has 0 bridgehead atoms. The molecule has 1 aliphatic heterocycles. The van der Waals surface area contributed by atoms with Crippen LogP contribution in [-0.4, -0.2) is 68.6 Å². The molecule has 0 amide bonds. The molecule has 2 aromatic rings. The minimum absolute atomic E-state index is 0.0154. The molecule has 1 aliphatic rings. The van der Waals surface area contributed by atoms with Crippen molar-refractivity contribution < 1.29 is 27.8 Å². The van der Waals surface area contributed by atoms with Crippen LogP contribution in [0, 0.1) is 0 Å². The Morgan fingerprint density at radius 2 is 1.97 bits per heavy atom. The summed E-state index contributed by atoms with van der Waals surface area (Å²) in [5.41, 5.74) is 1.53. The number of aldehydes is 1. The number of nitrogens with zero attached hydrogens (tertiary/aromatic N) is 1. The Balaban J connectivity index is 1.65. The highest BCUT2D eigenvalue weighted by Gasteiger charge is 2.33. The second-order valence-corrected chi connectivity index (χ2v) is 9.69. The zero-order chi connectivity index (χ0) is 21.6. The van der Waals surface area contributed by atoms with Crippen LogP contribution < -0.4 is 9.47 Å². The molecule has 0 aliphatic carbocycles. The number of hydrogen-bond acceptors (Lipinski definition) is 7. The van der Waals surface area contributed by atoms with Crippen LogP contribution in [0.25, 0.3) is 0 Å². The summed E-state index contributed by atoms with van der Waals surface area (Å²) in [7, 11) is -1.56. The fourth-order valence-corrected chi connectivity index (χ4v) is 5.37. The first kappa shape index (κ1) is 22.3. The van der Waals surface area contributed by atoms with Gasteiger partial charge in [-0.3, -0.25) is 9.69 Å². The summed E-state index contributed by atoms with van der Waals surface area (Å²) >= 11 is 0. The highest BCUT2D eigenvalue weighted by molar-refractivity contribution is 7.91. The average Bonchev–Trinajstić information content (AvgIpc) is 3.12. The van der Waals surface area contributed by atoms with E-state index >= 15 is 0 Å². The van der Waals surface area contributed by atoms with E-state index in [1.165, 1.54) is 7.11 Å². The maximum Gasteiger partial charge on any atom is 0.161 e. The Morgan fingerprint density at radius 1 is 1.20 bits per heavy atom. The van der Waals surface area contributed by atoms with E-state index in [0.29, 0.717) is 30.0 Å². The third-order valence-electron chi connectivity index (χ3n) is 5.15. The van der Waals surface area contributed by atoms with E-state index < -0.39 is 15.9 Å². The molecule has 1 saturated heterocycles. The number of aliphatic hydroxyl groups excluding tert-OH is 1. The van der Waals surface area contributed by atoms with Gasteiger partial charge in [0.2, 0.25) is 0 Å². The third kappa shape index (κ3) is 6.04. The number of ether oxygens (including phenoxy) is 2. The molecule has 162 valence electrons. The third-order valence-corrected chi connectivity index (χ3v) is 6.90. The lowest BCUT2D eigenvalue weighted by Gasteiger charge is -2.30. The largest absolute Gasteiger partial charge is 0.493 e. The summed E-state index contributed by atoms with van der Waals surface area (Å²) in [5, 5.41) is 10.6. The maximum absolute atomic E-state index is 12.0. The summed E-state index contributed by atoms with van der Waals surface area (Å²) in [5.74, 6) is 1.12. The SMILES string of the molecule is COc1cc(C=O)ccc1OCC(O)CN(Cc1ccccc1)C1CCS(=O)(=O)C1. The zero-order valence-electron chi connectivity index (χ0n) is 16.9. The van der Waals surface area contributed by atoms with Crippen molar-refractivity contribution in [2.75, 3.05) is 31.8 Å². The lowest BCUT2D eigenvalue weighted by Crippen LogP contribution is -2.42. The van der Waals surface area contributed by atoms with Crippen LogP contribution >= 0.6 is 0 Å². The van der Waals surface area contributed by atoms with Crippen molar-refractivity contribution in [1.29, 1.82) is 0 Å². The standard InChI is InChI=1S/C22H27NO6S/c1-28-22-11-18(14-24)7-8-21(22)29-15-20(25)13-23(12-17-5-3-2-4-6-17)19-9-10-30(26,27)16-19/h2-8,11,14,19-20,25H,9-10,12-13,15-16H2,1H3. The van der Waals surface area contributed by atoms with Crippen LogP contribution in [0.15, 0.2) is 48.5 Å². The number of methoxy groups -OCH3 is 1. The van der Waals surface area contributed by atoms with Crippen molar-refractivity contribution in [2.24, 2.45) is 0 Å². The summed E-state index contributed by atoms with van der Waals surface area (Å²) in [6.45, 7) is 0.848. The fraction of sp³-hybridized carbons (Fsp3) is 0.409. The first-order valence-corrected chi connectivity index (χ1v) is 11.6. The molecule has 30 heavy (non-hydrogen) atoms. The van der Waals surface area contributed by atoms with Gasteiger partial charge in [-0.1, -0.05) is 30.3 Å². The number of aliphatic hydroxyl groups is 1.